The van der Waals surface area contributed by atoms with Crippen LogP contribution in [-0.2, 0) is 71.2 Å². The summed E-state index contributed by atoms with van der Waals surface area (Å²) in [5.41, 5.74) is 1.98. The number of carbonyl (C=O) groups excluding carboxylic acids is 4. The summed E-state index contributed by atoms with van der Waals surface area (Å²) < 4.78 is 82.3. The number of aliphatic hydroxyl groups is 2. The van der Waals surface area contributed by atoms with Crippen LogP contribution in [-0.4, -0.2) is 131 Å². The van der Waals surface area contributed by atoms with E-state index in [1.54, 1.807) is 48.5 Å². The third kappa shape index (κ3) is 29.6. The zero-order valence-corrected chi connectivity index (χ0v) is 47.4. The van der Waals surface area contributed by atoms with Crippen LogP contribution in [0.5, 0.6) is 0 Å². The summed E-state index contributed by atoms with van der Waals surface area (Å²) >= 11 is 0. The van der Waals surface area contributed by atoms with Crippen molar-refractivity contribution in [1.82, 2.24) is 5.32 Å². The normalized spacial score (nSPS) is 20.1. The number of rotatable bonds is 41. The quantitative estimate of drug-likeness (QED) is 0.0140. The Hall–Kier alpha value is -3.12. The highest BCUT2D eigenvalue weighted by Crippen LogP contribution is 2.53. The van der Waals surface area contributed by atoms with Gasteiger partial charge in [0.05, 0.1) is 6.61 Å². The molecule has 1 amide bonds. The number of phosphoric ester groups is 4. The number of esters is 2. The molecule has 0 aromatic heterocycles. The van der Waals surface area contributed by atoms with Gasteiger partial charge in [0.15, 0.2) is 11.9 Å². The first-order chi connectivity index (χ1) is 36.8. The predicted molar refractivity (Wildman–Crippen MR) is 280 cm³/mol. The molecule has 29 heteroatoms. The van der Waals surface area contributed by atoms with Gasteiger partial charge in [-0.1, -0.05) is 158 Å². The lowest BCUT2D eigenvalue weighted by Crippen LogP contribution is -2.65. The van der Waals surface area contributed by atoms with E-state index in [4.69, 9.17) is 18.5 Å². The van der Waals surface area contributed by atoms with Crippen LogP contribution < -0.4 is 5.32 Å². The van der Waals surface area contributed by atoms with Gasteiger partial charge < -0.3 is 59.3 Å². The van der Waals surface area contributed by atoms with E-state index >= 15 is 0 Å². The van der Waals surface area contributed by atoms with E-state index in [2.05, 4.69) is 25.8 Å². The van der Waals surface area contributed by atoms with Crippen molar-refractivity contribution >= 4 is 54.9 Å². The molecule has 2 aromatic rings. The number of hydrogen-bond donors (Lipinski definition) is 10. The Kier molecular flexibility index (Phi) is 31.6. The monoisotopic (exact) mass is 1190 g/mol. The Morgan fingerprint density at radius 3 is 1.46 bits per heavy atom. The summed E-state index contributed by atoms with van der Waals surface area (Å²) in [6, 6.07) is 15.9. The molecule has 0 bridgehead atoms. The molecule has 2 aromatic carbocycles. The number of ketones is 1. The number of benzene rings is 2. The van der Waals surface area contributed by atoms with Crippen LogP contribution in [0.25, 0.3) is 0 Å². The first kappa shape index (κ1) is 69.2. The summed E-state index contributed by atoms with van der Waals surface area (Å²) in [5, 5.41) is 24.7. The summed E-state index contributed by atoms with van der Waals surface area (Å²) in [4.78, 5) is 118. The van der Waals surface area contributed by atoms with E-state index in [1.165, 1.54) is 51.4 Å². The summed E-state index contributed by atoms with van der Waals surface area (Å²) in [6.45, 7) is 0.724. The van der Waals surface area contributed by atoms with Crippen molar-refractivity contribution in [3.05, 3.63) is 71.3 Å². The fraction of sp³-hybridized carbons (Fsp3) is 0.673. The molecule has 10 N–H and O–H groups in total. The van der Waals surface area contributed by atoms with Gasteiger partial charge in [-0.15, -0.1) is 0 Å². The third-order valence-electron chi connectivity index (χ3n) is 12.4. The lowest BCUT2D eigenvalue weighted by Gasteiger charge is -2.45. The molecule has 0 heterocycles. The summed E-state index contributed by atoms with van der Waals surface area (Å²) in [7, 11) is -23.2. The third-order valence-corrected chi connectivity index (χ3v) is 15.0. The van der Waals surface area contributed by atoms with Gasteiger partial charge in [0.1, 0.15) is 43.2 Å². The van der Waals surface area contributed by atoms with Crippen molar-refractivity contribution in [2.75, 3.05) is 19.8 Å². The number of aryl methyl sites for hydroxylation is 1. The van der Waals surface area contributed by atoms with Crippen molar-refractivity contribution < 1.29 is 114 Å². The summed E-state index contributed by atoms with van der Waals surface area (Å²) in [6.07, 6.45) is -0.211. The molecule has 1 saturated carbocycles. The average Bonchev–Trinajstić information content (AvgIpc) is 3.40. The number of nitrogens with one attached hydrogen (secondary N) is 1. The molecule has 0 radical (unpaired) electrons. The molecule has 25 nitrogen and oxygen atoms in total. The smallest absolute Gasteiger partial charge is 0.462 e. The number of unbranched alkanes of at least 4 members (excludes halogenated alkanes) is 16. The largest absolute Gasteiger partial charge is 0.472 e. The summed E-state index contributed by atoms with van der Waals surface area (Å²) in [5.74, 6) is -1.87. The van der Waals surface area contributed by atoms with Crippen molar-refractivity contribution in [1.29, 1.82) is 0 Å². The van der Waals surface area contributed by atoms with E-state index < -0.39 is 99.2 Å². The van der Waals surface area contributed by atoms with Crippen LogP contribution >= 0.6 is 31.3 Å². The first-order valence-corrected chi connectivity index (χ1v) is 32.4. The van der Waals surface area contributed by atoms with Crippen LogP contribution in [0.3, 0.4) is 0 Å². The highest BCUT2D eigenvalue weighted by atomic mass is 31.2. The lowest BCUT2D eigenvalue weighted by atomic mass is 9.85. The maximum Gasteiger partial charge on any atom is 0.472 e. The van der Waals surface area contributed by atoms with E-state index in [9.17, 15) is 81.9 Å². The highest BCUT2D eigenvalue weighted by molar-refractivity contribution is 7.47. The topological polar surface area (TPSA) is 395 Å². The Labute approximate surface area is 454 Å². The Morgan fingerprint density at radius 1 is 0.513 bits per heavy atom. The van der Waals surface area contributed by atoms with Gasteiger partial charge in [0, 0.05) is 36.9 Å². The van der Waals surface area contributed by atoms with Crippen molar-refractivity contribution in [2.24, 2.45) is 0 Å². The standard InChI is InChI=1S/C49H79NO24P4/c1-2-3-4-5-6-7-8-9-10-11-12-13-14-15-20-26-42(53)70-39(34-68-41(52)25-21-17-22-33-50-40(51)32-29-36-27-30-38(31-28-36)43(54)37-23-18-16-19-24-37)35-69-78(66,67)74-46-44(55)47(71-75(57,58)59)49(73-77(63,64)65)48(45(46)56)72-76(60,61)62/h16,18-19,23-24,27-28,30-31,39,44-49,55-56H,2-15,17,20-22,25-26,29,32-35H2,1H3,(H,50,51)(H,66,67)(H2,57,58,59)(H2,60,61,62)(H2,63,64,65)/t39-,44-,45-,46?,47-,48+,49?/m0/s1. The number of amides is 1. The van der Waals surface area contributed by atoms with Gasteiger partial charge in [0.2, 0.25) is 5.91 Å². The Morgan fingerprint density at radius 2 is 0.962 bits per heavy atom. The van der Waals surface area contributed by atoms with Gasteiger partial charge >= 0.3 is 43.2 Å². The molecular weight excluding hydrogens is 1110 g/mol. The van der Waals surface area contributed by atoms with Gasteiger partial charge in [0.25, 0.3) is 0 Å². The van der Waals surface area contributed by atoms with Crippen LogP contribution in [0.1, 0.15) is 163 Å². The fourth-order valence-electron chi connectivity index (χ4n) is 8.46. The Balaban J connectivity index is 1.54. The molecule has 3 rings (SSSR count). The first-order valence-electron chi connectivity index (χ1n) is 26.3. The molecule has 0 aliphatic heterocycles. The van der Waals surface area contributed by atoms with Gasteiger partial charge in [-0.2, -0.15) is 0 Å². The molecule has 3 unspecified atom stereocenters. The van der Waals surface area contributed by atoms with Crippen molar-refractivity contribution in [2.45, 2.75) is 191 Å². The number of ether oxygens (including phenoxy) is 2. The van der Waals surface area contributed by atoms with Gasteiger partial charge in [-0.25, -0.2) is 18.3 Å². The van der Waals surface area contributed by atoms with E-state index in [-0.39, 0.29) is 31.0 Å². The molecule has 444 valence electrons. The zero-order valence-electron chi connectivity index (χ0n) is 43.9. The number of phosphoric acid groups is 4. The van der Waals surface area contributed by atoms with E-state index in [0.717, 1.165) is 37.7 Å². The van der Waals surface area contributed by atoms with Crippen molar-refractivity contribution in [3.63, 3.8) is 0 Å². The molecule has 1 fully saturated rings. The highest BCUT2D eigenvalue weighted by Gasteiger charge is 2.59. The van der Waals surface area contributed by atoms with Crippen LogP contribution in [0.4, 0.5) is 0 Å². The number of aliphatic hydroxyl groups excluding tert-OH is 2. The minimum Gasteiger partial charge on any atom is -0.462 e. The second-order valence-electron chi connectivity index (χ2n) is 19.0. The molecule has 8 atom stereocenters. The fourth-order valence-corrected chi connectivity index (χ4v) is 11.1. The van der Waals surface area contributed by atoms with Crippen molar-refractivity contribution in [3.8, 4) is 0 Å². The molecular formula is C49H79NO24P4. The molecule has 78 heavy (non-hydrogen) atoms. The molecule has 0 saturated heterocycles. The van der Waals surface area contributed by atoms with Crippen LogP contribution in [0.2, 0.25) is 0 Å². The SMILES string of the molecule is CCCCCCCCCCCCCCCCCC(=O)O[C@@H](COC(=O)CCCCCNC(=O)CCc1ccc(C(=O)c2ccccc2)cc1)COP(=O)(O)OC1[C@H](O)[C@H](OP(=O)(O)O)C(OP(=O)(O)O)[C@H](OP(=O)(O)O)[C@H]1O. The maximum absolute atomic E-state index is 13.3. The minimum atomic E-state index is -5.82. The molecule has 1 aliphatic rings. The molecule has 0 spiro atoms. The second kappa shape index (κ2) is 35.7. The molecule has 1 aliphatic carbocycles. The van der Waals surface area contributed by atoms with E-state index in [0.29, 0.717) is 56.2 Å². The lowest BCUT2D eigenvalue weighted by molar-refractivity contribution is -0.209. The Bertz CT molecular complexity index is 2260. The average molecular weight is 1190 g/mol. The maximum atomic E-state index is 13.3. The zero-order chi connectivity index (χ0) is 57.8. The van der Waals surface area contributed by atoms with Gasteiger partial charge in [-0.3, -0.25) is 41.8 Å². The van der Waals surface area contributed by atoms with E-state index in [1.807, 2.05) is 6.07 Å². The van der Waals surface area contributed by atoms with Gasteiger partial charge in [-0.05, 0) is 31.2 Å². The second-order valence-corrected chi connectivity index (χ2v) is 24.0. The number of carbonyl (C=O) groups is 4. The minimum absolute atomic E-state index is 0.1000. The number of hydrogen-bond acceptors (Lipinski definition) is 17. The predicted octanol–water partition coefficient (Wildman–Crippen LogP) is 6.91. The van der Waals surface area contributed by atoms with Crippen LogP contribution in [0, 0.1) is 0 Å². The van der Waals surface area contributed by atoms with Crippen LogP contribution in [0.15, 0.2) is 54.6 Å².